The molecule has 0 aromatic rings. The molecule has 0 saturated heterocycles. The zero-order chi connectivity index (χ0) is 22.8. The molecule has 0 aliphatic heterocycles. The van der Waals surface area contributed by atoms with E-state index in [2.05, 4.69) is 9.47 Å². The van der Waals surface area contributed by atoms with Crippen molar-refractivity contribution in [2.45, 2.75) is 50.1 Å². The highest BCUT2D eigenvalue weighted by molar-refractivity contribution is 5.77. The summed E-state index contributed by atoms with van der Waals surface area (Å²) in [5, 5.41) is 0. The molecule has 0 bridgehead atoms. The molecule has 28 heavy (non-hydrogen) atoms. The summed E-state index contributed by atoms with van der Waals surface area (Å²) >= 11 is 0. The molecule has 0 aliphatic carbocycles. The van der Waals surface area contributed by atoms with E-state index in [0.29, 0.717) is 0 Å². The lowest BCUT2D eigenvalue weighted by Crippen LogP contribution is -2.67. The van der Waals surface area contributed by atoms with Crippen molar-refractivity contribution in [3.8, 4) is 0 Å². The van der Waals surface area contributed by atoms with Gasteiger partial charge in [-0.25, -0.2) is 4.79 Å². The number of hydrogen-bond donors (Lipinski definition) is 0. The molecule has 0 rings (SSSR count). The zero-order valence-corrected chi connectivity index (χ0v) is 14.0. The lowest BCUT2D eigenvalue weighted by Gasteiger charge is -2.36. The van der Waals surface area contributed by atoms with E-state index in [9.17, 15) is 57.9 Å². The van der Waals surface area contributed by atoms with Gasteiger partial charge in [0.15, 0.2) is 13.2 Å². The molecule has 1 atom stereocenters. The first kappa shape index (κ1) is 26.2. The van der Waals surface area contributed by atoms with Gasteiger partial charge in [0.2, 0.25) is 0 Å². The van der Waals surface area contributed by atoms with Crippen LogP contribution >= 0.6 is 0 Å². The van der Waals surface area contributed by atoms with Crippen molar-refractivity contribution in [1.29, 1.82) is 0 Å². The molecule has 0 fully saturated rings. The van der Waals surface area contributed by atoms with Crippen LogP contribution in [-0.2, 0) is 19.1 Å². The number of halogens is 11. The molecular formula is C13H13F11O4. The Morgan fingerprint density at radius 3 is 1.64 bits per heavy atom. The van der Waals surface area contributed by atoms with E-state index in [0.717, 1.165) is 0 Å². The minimum Gasteiger partial charge on any atom is -0.456 e. The average molecular weight is 442 g/mol. The summed E-state index contributed by atoms with van der Waals surface area (Å²) in [5.74, 6) is -32.5. The number of rotatable bonds is 9. The Balaban J connectivity index is 5.23. The van der Waals surface area contributed by atoms with Crippen molar-refractivity contribution in [3.63, 3.8) is 0 Å². The van der Waals surface area contributed by atoms with Crippen molar-refractivity contribution in [2.75, 3.05) is 13.2 Å². The third kappa shape index (κ3) is 4.96. The van der Waals surface area contributed by atoms with Gasteiger partial charge in [0.1, 0.15) is 0 Å². The Labute approximate surface area is 149 Å². The van der Waals surface area contributed by atoms with Gasteiger partial charge in [-0.15, -0.1) is 0 Å². The first-order valence-electron chi connectivity index (χ1n) is 7.16. The maximum Gasteiger partial charge on any atom is 0.460 e. The van der Waals surface area contributed by atoms with E-state index in [1.807, 2.05) is 0 Å². The van der Waals surface area contributed by atoms with Crippen molar-refractivity contribution in [3.05, 3.63) is 0 Å². The van der Waals surface area contributed by atoms with Crippen molar-refractivity contribution in [1.82, 2.24) is 0 Å². The van der Waals surface area contributed by atoms with Crippen LogP contribution in [0.25, 0.3) is 0 Å². The quantitative estimate of drug-likeness (QED) is 0.397. The Morgan fingerprint density at radius 2 is 1.25 bits per heavy atom. The predicted molar refractivity (Wildman–Crippen MR) is 67.2 cm³/mol. The summed E-state index contributed by atoms with van der Waals surface area (Å²) in [6.07, 6.45) is -7.06. The number of esters is 2. The van der Waals surface area contributed by atoms with Crippen LogP contribution in [0.15, 0.2) is 0 Å². The van der Waals surface area contributed by atoms with Crippen LogP contribution in [0, 0.1) is 5.92 Å². The molecule has 0 N–H and O–H groups in total. The fraction of sp³-hybridized carbons (Fsp3) is 0.846. The van der Waals surface area contributed by atoms with Gasteiger partial charge in [0, 0.05) is 0 Å². The number of ether oxygens (including phenoxy) is 2. The number of carbonyl (C=O) groups excluding carboxylic acids is 2. The van der Waals surface area contributed by atoms with Gasteiger partial charge in [-0.2, -0.15) is 48.3 Å². The second-order valence-corrected chi connectivity index (χ2v) is 5.50. The summed E-state index contributed by atoms with van der Waals surface area (Å²) in [6, 6.07) is 0. The summed E-state index contributed by atoms with van der Waals surface area (Å²) < 4.78 is 147. The van der Waals surface area contributed by atoms with Gasteiger partial charge in [0.25, 0.3) is 0 Å². The second-order valence-electron chi connectivity index (χ2n) is 5.50. The van der Waals surface area contributed by atoms with E-state index in [1.54, 1.807) is 0 Å². The highest BCUT2D eigenvalue weighted by atomic mass is 19.4. The zero-order valence-electron chi connectivity index (χ0n) is 14.0. The van der Waals surface area contributed by atoms with Crippen LogP contribution in [0.2, 0.25) is 0 Å². The normalized spacial score (nSPS) is 15.2. The maximum atomic E-state index is 13.2. The van der Waals surface area contributed by atoms with Gasteiger partial charge in [-0.05, 0) is 6.42 Å². The van der Waals surface area contributed by atoms with Gasteiger partial charge in [0.05, 0.1) is 5.92 Å². The molecule has 15 heteroatoms. The SMILES string of the molecule is CCC(C)C(=O)OCC(=O)OCC(F)(F)C(F)(F)C(F)(F)C(F)(F)C(F)(F)F. The number of carbonyl (C=O) groups is 2. The molecule has 0 aliphatic rings. The van der Waals surface area contributed by atoms with Crippen LogP contribution in [0.5, 0.6) is 0 Å². The smallest absolute Gasteiger partial charge is 0.456 e. The first-order chi connectivity index (χ1) is 12.3. The lowest BCUT2D eigenvalue weighted by molar-refractivity contribution is -0.423. The number of hydrogen-bond acceptors (Lipinski definition) is 4. The van der Waals surface area contributed by atoms with Crippen molar-refractivity contribution in [2.24, 2.45) is 5.92 Å². The Kier molecular flexibility index (Phi) is 7.73. The molecule has 1 unspecified atom stereocenters. The van der Waals surface area contributed by atoms with E-state index in [1.165, 1.54) is 13.8 Å². The van der Waals surface area contributed by atoms with Crippen LogP contribution in [0.3, 0.4) is 0 Å². The maximum absolute atomic E-state index is 13.2. The number of alkyl halides is 11. The molecule has 0 spiro atoms. The van der Waals surface area contributed by atoms with E-state index >= 15 is 0 Å². The highest BCUT2D eigenvalue weighted by Crippen LogP contribution is 2.57. The van der Waals surface area contributed by atoms with Crippen LogP contribution in [0.4, 0.5) is 48.3 Å². The molecule has 4 nitrogen and oxygen atoms in total. The molecular weight excluding hydrogens is 429 g/mol. The minimum absolute atomic E-state index is 0.223. The largest absolute Gasteiger partial charge is 0.460 e. The van der Waals surface area contributed by atoms with Crippen LogP contribution < -0.4 is 0 Å². The van der Waals surface area contributed by atoms with Crippen molar-refractivity contribution < 1.29 is 67.4 Å². The molecule has 0 heterocycles. The molecule has 0 amide bonds. The van der Waals surface area contributed by atoms with Gasteiger partial charge in [-0.3, -0.25) is 4.79 Å². The van der Waals surface area contributed by atoms with E-state index in [4.69, 9.17) is 0 Å². The third-order valence-corrected chi connectivity index (χ3v) is 3.37. The summed E-state index contributed by atoms with van der Waals surface area (Å²) in [6.45, 7) is -1.56. The van der Waals surface area contributed by atoms with E-state index in [-0.39, 0.29) is 6.42 Å². The van der Waals surface area contributed by atoms with Crippen molar-refractivity contribution >= 4 is 11.9 Å². The highest BCUT2D eigenvalue weighted by Gasteiger charge is 2.87. The summed E-state index contributed by atoms with van der Waals surface area (Å²) in [4.78, 5) is 22.2. The monoisotopic (exact) mass is 442 g/mol. The van der Waals surface area contributed by atoms with Gasteiger partial charge >= 0.3 is 41.8 Å². The average Bonchev–Trinajstić information content (AvgIpc) is 2.55. The lowest BCUT2D eigenvalue weighted by atomic mass is 9.98. The van der Waals surface area contributed by atoms with Gasteiger partial charge < -0.3 is 9.47 Å². The Hall–Kier alpha value is -1.83. The molecule has 0 aromatic heterocycles. The molecule has 0 aromatic carbocycles. The molecule has 166 valence electrons. The summed E-state index contributed by atoms with van der Waals surface area (Å²) in [7, 11) is 0. The van der Waals surface area contributed by atoms with E-state index < -0.39 is 60.9 Å². The fourth-order valence-electron chi connectivity index (χ4n) is 1.35. The van der Waals surface area contributed by atoms with Crippen LogP contribution in [-0.4, -0.2) is 55.0 Å². The minimum atomic E-state index is -7.59. The van der Waals surface area contributed by atoms with Gasteiger partial charge in [-0.1, -0.05) is 13.8 Å². The standard InChI is InChI=1S/C13H13F11O4/c1-3-6(2)8(26)27-4-7(25)28-5-9(14,15)10(16,17)11(18,19)12(20,21)13(22,23)24/h6H,3-5H2,1-2H3. The predicted octanol–water partition coefficient (Wildman–Crippen LogP) is 4.22. The first-order valence-corrected chi connectivity index (χ1v) is 7.16. The molecule has 0 radical (unpaired) electrons. The Morgan fingerprint density at radius 1 is 0.786 bits per heavy atom. The topological polar surface area (TPSA) is 52.6 Å². The third-order valence-electron chi connectivity index (χ3n) is 3.37. The fourth-order valence-corrected chi connectivity index (χ4v) is 1.35. The second kappa shape index (κ2) is 8.27. The summed E-state index contributed by atoms with van der Waals surface area (Å²) in [5.41, 5.74) is 0. The van der Waals surface area contributed by atoms with Crippen LogP contribution in [0.1, 0.15) is 20.3 Å². The molecule has 0 saturated carbocycles. The Bertz CT molecular complexity index is 571.